The van der Waals surface area contributed by atoms with Gasteiger partial charge in [-0.3, -0.25) is 9.59 Å². The first-order valence-corrected chi connectivity index (χ1v) is 15.3. The standard InChI is InChI=1S/C34H33N3O2S/c1-34(19-28-24-14-5-7-16-26(24)30(34)27-17-8-6-15-25(27)28)32(39)37-33-36-29(20-40-33)21-10-9-11-22(18-21)31(38)35-23-12-3-2-4-13-23/h5-11,14-18,20,23,28,30H,2-4,12-13,19H2,1H3,(H,35,38)(H,36,37,39). The number of hydrogen-bond donors (Lipinski definition) is 2. The molecule has 4 aliphatic rings. The Morgan fingerprint density at radius 1 is 0.875 bits per heavy atom. The number of anilines is 1. The fraction of sp³-hybridized carbons (Fsp3) is 0.324. The van der Waals surface area contributed by atoms with Gasteiger partial charge in [0.2, 0.25) is 5.91 Å². The first-order chi connectivity index (χ1) is 19.5. The molecule has 4 aromatic rings. The van der Waals surface area contributed by atoms with Crippen LogP contribution < -0.4 is 10.6 Å². The van der Waals surface area contributed by atoms with Gasteiger partial charge in [0.1, 0.15) is 0 Å². The number of thiazole rings is 1. The summed E-state index contributed by atoms with van der Waals surface area (Å²) in [5.41, 5.74) is 6.91. The van der Waals surface area contributed by atoms with Crippen molar-refractivity contribution in [1.82, 2.24) is 10.3 Å². The summed E-state index contributed by atoms with van der Waals surface area (Å²) in [5.74, 6) is 0.192. The van der Waals surface area contributed by atoms with Gasteiger partial charge in [0, 0.05) is 34.4 Å². The van der Waals surface area contributed by atoms with E-state index in [2.05, 4.69) is 66.1 Å². The van der Waals surface area contributed by atoms with Crippen LogP contribution in [0.2, 0.25) is 0 Å². The highest BCUT2D eigenvalue weighted by atomic mass is 32.1. The molecule has 1 unspecified atom stereocenters. The third kappa shape index (κ3) is 4.26. The lowest BCUT2D eigenvalue weighted by atomic mass is 9.52. The number of carbonyl (C=O) groups is 2. The van der Waals surface area contributed by atoms with E-state index in [0.29, 0.717) is 10.7 Å². The van der Waals surface area contributed by atoms with Crippen molar-refractivity contribution in [2.45, 2.75) is 63.3 Å². The molecule has 6 heteroatoms. The Hall–Kier alpha value is -3.77. The van der Waals surface area contributed by atoms with E-state index in [0.717, 1.165) is 30.5 Å². The van der Waals surface area contributed by atoms with Gasteiger partial charge < -0.3 is 10.6 Å². The van der Waals surface area contributed by atoms with Crippen molar-refractivity contribution < 1.29 is 9.59 Å². The number of aromatic nitrogens is 1. The second kappa shape index (κ2) is 10.0. The molecule has 1 atom stereocenters. The van der Waals surface area contributed by atoms with E-state index in [1.807, 2.05) is 29.6 Å². The van der Waals surface area contributed by atoms with Crippen LogP contribution in [0.15, 0.2) is 78.2 Å². The van der Waals surface area contributed by atoms with E-state index in [1.54, 1.807) is 0 Å². The van der Waals surface area contributed by atoms with Gasteiger partial charge in [-0.1, -0.05) is 79.9 Å². The first kappa shape index (κ1) is 25.2. The molecular formula is C34H33N3O2S. The predicted molar refractivity (Wildman–Crippen MR) is 160 cm³/mol. The molecule has 5 nitrogen and oxygen atoms in total. The fourth-order valence-electron chi connectivity index (χ4n) is 7.23. The van der Waals surface area contributed by atoms with E-state index in [-0.39, 0.29) is 29.7 Å². The Morgan fingerprint density at radius 2 is 1.55 bits per heavy atom. The number of benzene rings is 3. The largest absolute Gasteiger partial charge is 0.349 e. The van der Waals surface area contributed by atoms with E-state index in [9.17, 15) is 9.59 Å². The smallest absolute Gasteiger partial charge is 0.251 e. The molecule has 202 valence electrons. The molecule has 2 N–H and O–H groups in total. The molecule has 2 bridgehead atoms. The zero-order valence-electron chi connectivity index (χ0n) is 22.7. The van der Waals surface area contributed by atoms with Gasteiger partial charge in [-0.15, -0.1) is 11.3 Å². The average molecular weight is 548 g/mol. The van der Waals surface area contributed by atoms with Crippen molar-refractivity contribution >= 4 is 28.3 Å². The van der Waals surface area contributed by atoms with Crippen LogP contribution in [0.1, 0.15) is 89.9 Å². The summed E-state index contributed by atoms with van der Waals surface area (Å²) >= 11 is 1.43. The highest BCUT2D eigenvalue weighted by Gasteiger charge is 2.54. The van der Waals surface area contributed by atoms with E-state index in [1.165, 1.54) is 52.9 Å². The Bertz CT molecular complexity index is 1560. The molecule has 0 radical (unpaired) electrons. The lowest BCUT2D eigenvalue weighted by molar-refractivity contribution is -0.126. The van der Waals surface area contributed by atoms with E-state index >= 15 is 0 Å². The van der Waals surface area contributed by atoms with Gasteiger partial charge in [-0.05, 0) is 60.6 Å². The molecule has 0 spiro atoms. The monoisotopic (exact) mass is 547 g/mol. The number of fused-ring (bicyclic) bond motifs is 1. The maximum atomic E-state index is 14.0. The van der Waals surface area contributed by atoms with Gasteiger partial charge in [-0.2, -0.15) is 0 Å². The number of nitrogens with zero attached hydrogens (tertiary/aromatic N) is 1. The van der Waals surface area contributed by atoms with E-state index in [4.69, 9.17) is 4.98 Å². The molecule has 1 heterocycles. The number of nitrogens with one attached hydrogen (secondary N) is 2. The predicted octanol–water partition coefficient (Wildman–Crippen LogP) is 7.50. The zero-order chi connectivity index (χ0) is 27.3. The SMILES string of the molecule is CC1(C(=O)Nc2nc(-c3cccc(C(=O)NC4CCCCC4)c3)cs2)CC2c3ccccc3C1c1ccccc12. The highest BCUT2D eigenvalue weighted by Crippen LogP contribution is 2.61. The van der Waals surface area contributed by atoms with Crippen LogP contribution in [0, 0.1) is 5.41 Å². The molecule has 0 saturated heterocycles. The summed E-state index contributed by atoms with van der Waals surface area (Å²) in [6.07, 6.45) is 6.49. The second-order valence-electron chi connectivity index (χ2n) is 11.7. The summed E-state index contributed by atoms with van der Waals surface area (Å²) in [6, 6.07) is 25.1. The second-order valence-corrected chi connectivity index (χ2v) is 12.6. The maximum absolute atomic E-state index is 14.0. The average Bonchev–Trinajstić information content (AvgIpc) is 3.46. The van der Waals surface area contributed by atoms with Crippen LogP contribution in [-0.2, 0) is 4.79 Å². The summed E-state index contributed by atoms with van der Waals surface area (Å²) in [5, 5.41) is 8.91. The molecule has 40 heavy (non-hydrogen) atoms. The molecule has 1 saturated carbocycles. The highest BCUT2D eigenvalue weighted by molar-refractivity contribution is 7.14. The lowest BCUT2D eigenvalue weighted by Crippen LogP contribution is -2.47. The molecule has 1 fully saturated rings. The third-order valence-electron chi connectivity index (χ3n) is 9.23. The van der Waals surface area contributed by atoms with E-state index < -0.39 is 5.41 Å². The molecule has 8 rings (SSSR count). The Kier molecular flexibility index (Phi) is 6.31. The zero-order valence-corrected chi connectivity index (χ0v) is 23.5. The molecule has 1 aromatic heterocycles. The Morgan fingerprint density at radius 3 is 2.25 bits per heavy atom. The number of hydrogen-bond acceptors (Lipinski definition) is 4. The van der Waals surface area contributed by atoms with Crippen molar-refractivity contribution in [2.24, 2.45) is 5.41 Å². The van der Waals surface area contributed by atoms with Crippen LogP contribution in [0.4, 0.5) is 5.13 Å². The summed E-state index contributed by atoms with van der Waals surface area (Å²) in [4.78, 5) is 31.7. The lowest BCUT2D eigenvalue weighted by Gasteiger charge is -2.50. The normalized spacial score (nSPS) is 23.2. The molecular weight excluding hydrogens is 514 g/mol. The summed E-state index contributed by atoms with van der Waals surface area (Å²) in [7, 11) is 0. The van der Waals surface area contributed by atoms with Crippen molar-refractivity contribution in [1.29, 1.82) is 0 Å². The minimum Gasteiger partial charge on any atom is -0.349 e. The van der Waals surface area contributed by atoms with Gasteiger partial charge >= 0.3 is 0 Å². The van der Waals surface area contributed by atoms with Crippen LogP contribution in [0.25, 0.3) is 11.3 Å². The Balaban J connectivity index is 1.11. The molecule has 2 amide bonds. The van der Waals surface area contributed by atoms with Crippen molar-refractivity contribution in [3.8, 4) is 11.3 Å². The number of amides is 2. The Labute approximate surface area is 239 Å². The van der Waals surface area contributed by atoms with Gasteiger partial charge in [-0.25, -0.2) is 4.98 Å². The number of carbonyl (C=O) groups excluding carboxylic acids is 2. The summed E-state index contributed by atoms with van der Waals surface area (Å²) < 4.78 is 0. The van der Waals surface area contributed by atoms with Gasteiger partial charge in [0.15, 0.2) is 5.13 Å². The molecule has 0 aliphatic heterocycles. The molecule has 3 aromatic carbocycles. The van der Waals surface area contributed by atoms with Crippen molar-refractivity contribution in [3.63, 3.8) is 0 Å². The van der Waals surface area contributed by atoms with Crippen molar-refractivity contribution in [3.05, 3.63) is 106 Å². The fourth-order valence-corrected chi connectivity index (χ4v) is 7.94. The van der Waals surface area contributed by atoms with Gasteiger partial charge in [0.05, 0.1) is 11.1 Å². The van der Waals surface area contributed by atoms with Gasteiger partial charge in [0.25, 0.3) is 5.91 Å². The quantitative estimate of drug-likeness (QED) is 0.272. The van der Waals surface area contributed by atoms with Crippen LogP contribution >= 0.6 is 11.3 Å². The number of rotatable bonds is 5. The summed E-state index contributed by atoms with van der Waals surface area (Å²) in [6.45, 7) is 2.11. The first-order valence-electron chi connectivity index (χ1n) is 14.4. The topological polar surface area (TPSA) is 71.1 Å². The molecule has 4 aliphatic carbocycles. The van der Waals surface area contributed by atoms with Crippen LogP contribution in [0.5, 0.6) is 0 Å². The van der Waals surface area contributed by atoms with Crippen LogP contribution in [0.3, 0.4) is 0 Å². The minimum atomic E-state index is -0.587. The maximum Gasteiger partial charge on any atom is 0.251 e. The van der Waals surface area contributed by atoms with Crippen LogP contribution in [-0.4, -0.2) is 22.8 Å². The van der Waals surface area contributed by atoms with Crippen molar-refractivity contribution in [2.75, 3.05) is 5.32 Å². The third-order valence-corrected chi connectivity index (χ3v) is 9.99. The minimum absolute atomic E-state index is 0.00342.